The Bertz CT molecular complexity index is 346. The second-order valence-electron chi connectivity index (χ2n) is 1.96. The summed E-state index contributed by atoms with van der Waals surface area (Å²) in [6.07, 6.45) is 6.74. The van der Waals surface area contributed by atoms with E-state index in [0.29, 0.717) is 16.3 Å². The van der Waals surface area contributed by atoms with E-state index in [2.05, 4.69) is 17.0 Å². The van der Waals surface area contributed by atoms with Gasteiger partial charge in [0.05, 0.1) is 11.3 Å². The number of rotatable bonds is 2. The average molecular weight is 174 g/mol. The van der Waals surface area contributed by atoms with Crippen molar-refractivity contribution in [3.63, 3.8) is 0 Å². The molecule has 0 saturated carbocycles. The summed E-state index contributed by atoms with van der Waals surface area (Å²) in [7, 11) is 0. The van der Waals surface area contributed by atoms with Gasteiger partial charge in [-0.1, -0.05) is 17.7 Å². The lowest BCUT2D eigenvalue weighted by molar-refractivity contribution is 1.11. The van der Waals surface area contributed by atoms with Gasteiger partial charge in [0.15, 0.2) is 0 Å². The Labute approximate surface area is 75.6 Å². The number of pyridine rings is 1. The number of thioether (sulfide) groups is 1. The van der Waals surface area contributed by atoms with Gasteiger partial charge in [-0.15, -0.1) is 6.42 Å². The smallest absolute Gasteiger partial charge is 0.115 e. The number of nitriles is 1. The van der Waals surface area contributed by atoms with E-state index in [1.54, 1.807) is 18.3 Å². The molecule has 0 spiro atoms. The fraction of sp³-hybridized carbons (Fsp3) is 0.111. The van der Waals surface area contributed by atoms with Gasteiger partial charge in [-0.25, -0.2) is 4.98 Å². The molecule has 0 radical (unpaired) electrons. The van der Waals surface area contributed by atoms with Gasteiger partial charge < -0.3 is 0 Å². The number of hydrogen-bond acceptors (Lipinski definition) is 3. The van der Waals surface area contributed by atoms with Crippen molar-refractivity contribution in [2.24, 2.45) is 0 Å². The molecule has 1 heterocycles. The highest BCUT2D eigenvalue weighted by Crippen LogP contribution is 2.17. The van der Waals surface area contributed by atoms with Gasteiger partial charge in [0.1, 0.15) is 11.1 Å². The first kappa shape index (κ1) is 8.64. The molecule has 0 unspecified atom stereocenters. The topological polar surface area (TPSA) is 36.7 Å². The van der Waals surface area contributed by atoms with E-state index >= 15 is 0 Å². The summed E-state index contributed by atoms with van der Waals surface area (Å²) in [5, 5.41) is 9.37. The molecule has 0 aliphatic carbocycles. The predicted octanol–water partition coefficient (Wildman–Crippen LogP) is 1.68. The second kappa shape index (κ2) is 4.43. The van der Waals surface area contributed by atoms with Crippen LogP contribution in [0.5, 0.6) is 0 Å². The van der Waals surface area contributed by atoms with Crippen LogP contribution in [-0.4, -0.2) is 10.7 Å². The minimum atomic E-state index is 0.547. The molecule has 0 N–H and O–H groups in total. The van der Waals surface area contributed by atoms with Crippen molar-refractivity contribution < 1.29 is 0 Å². The molecule has 12 heavy (non-hydrogen) atoms. The van der Waals surface area contributed by atoms with E-state index in [1.807, 2.05) is 0 Å². The molecule has 1 aromatic rings. The Morgan fingerprint density at radius 3 is 3.17 bits per heavy atom. The standard InChI is InChI=1S/C9H6N2S/c1-2-6-12-9-8(7-10)4-3-5-11-9/h1,3-5H,6H2. The summed E-state index contributed by atoms with van der Waals surface area (Å²) in [6, 6.07) is 5.52. The fourth-order valence-corrected chi connectivity index (χ4v) is 1.33. The molecule has 0 fully saturated rings. The van der Waals surface area contributed by atoms with Crippen molar-refractivity contribution in [2.45, 2.75) is 5.03 Å². The number of hydrogen-bond donors (Lipinski definition) is 0. The predicted molar refractivity (Wildman–Crippen MR) is 48.5 cm³/mol. The lowest BCUT2D eigenvalue weighted by Crippen LogP contribution is -1.85. The van der Waals surface area contributed by atoms with Gasteiger partial charge in [0.25, 0.3) is 0 Å². The maximum absolute atomic E-state index is 8.66. The van der Waals surface area contributed by atoms with Gasteiger partial charge >= 0.3 is 0 Å². The van der Waals surface area contributed by atoms with Crippen molar-refractivity contribution in [1.29, 1.82) is 5.26 Å². The maximum atomic E-state index is 8.66. The largest absolute Gasteiger partial charge is 0.249 e. The average Bonchev–Trinajstić information content (AvgIpc) is 2.15. The van der Waals surface area contributed by atoms with Crippen molar-refractivity contribution in [3.05, 3.63) is 23.9 Å². The summed E-state index contributed by atoms with van der Waals surface area (Å²) in [5.41, 5.74) is 0.581. The van der Waals surface area contributed by atoms with E-state index in [9.17, 15) is 0 Å². The lowest BCUT2D eigenvalue weighted by Gasteiger charge is -1.96. The molecule has 0 amide bonds. The Hall–Kier alpha value is -1.45. The molecule has 58 valence electrons. The Kier molecular flexibility index (Phi) is 3.19. The molecule has 2 nitrogen and oxygen atoms in total. The van der Waals surface area contributed by atoms with Crippen LogP contribution in [-0.2, 0) is 0 Å². The fourth-order valence-electron chi connectivity index (χ4n) is 0.701. The van der Waals surface area contributed by atoms with Gasteiger partial charge in [-0.05, 0) is 12.1 Å². The first-order chi connectivity index (χ1) is 5.88. The summed E-state index contributed by atoms with van der Waals surface area (Å²) >= 11 is 1.40. The van der Waals surface area contributed by atoms with Gasteiger partial charge in [-0.3, -0.25) is 0 Å². The molecule has 3 heteroatoms. The van der Waals surface area contributed by atoms with Gasteiger partial charge in [0, 0.05) is 6.20 Å². The van der Waals surface area contributed by atoms with Crippen LogP contribution in [0.25, 0.3) is 0 Å². The zero-order valence-corrected chi connectivity index (χ0v) is 7.14. The van der Waals surface area contributed by atoms with Crippen molar-refractivity contribution in [1.82, 2.24) is 4.98 Å². The third-order valence-corrected chi connectivity index (χ3v) is 2.09. The van der Waals surface area contributed by atoms with Crippen LogP contribution in [0, 0.1) is 23.7 Å². The van der Waals surface area contributed by atoms with Gasteiger partial charge in [-0.2, -0.15) is 5.26 Å². The highest BCUT2D eigenvalue weighted by atomic mass is 32.2. The summed E-state index contributed by atoms with van der Waals surface area (Å²) in [6.45, 7) is 0. The molecule has 0 aromatic carbocycles. The third-order valence-electron chi connectivity index (χ3n) is 1.18. The zero-order chi connectivity index (χ0) is 8.81. The second-order valence-corrected chi connectivity index (χ2v) is 2.92. The molecule has 1 rings (SSSR count). The first-order valence-electron chi connectivity index (χ1n) is 3.30. The molecular weight excluding hydrogens is 168 g/mol. The molecule has 1 aromatic heterocycles. The number of nitrogens with zero attached hydrogens (tertiary/aromatic N) is 2. The van der Waals surface area contributed by atoms with Crippen LogP contribution in [0.4, 0.5) is 0 Å². The van der Waals surface area contributed by atoms with Crippen LogP contribution in [0.3, 0.4) is 0 Å². The minimum Gasteiger partial charge on any atom is -0.249 e. The summed E-state index contributed by atoms with van der Waals surface area (Å²) < 4.78 is 0. The van der Waals surface area contributed by atoms with E-state index in [1.165, 1.54) is 11.8 Å². The van der Waals surface area contributed by atoms with Crippen molar-refractivity contribution in [2.75, 3.05) is 5.75 Å². The van der Waals surface area contributed by atoms with Crippen LogP contribution in [0.2, 0.25) is 0 Å². The van der Waals surface area contributed by atoms with Crippen LogP contribution < -0.4 is 0 Å². The van der Waals surface area contributed by atoms with E-state index in [-0.39, 0.29) is 0 Å². The summed E-state index contributed by atoms with van der Waals surface area (Å²) in [4.78, 5) is 4.03. The molecule has 0 bridgehead atoms. The Morgan fingerprint density at radius 1 is 1.67 bits per heavy atom. The minimum absolute atomic E-state index is 0.547. The van der Waals surface area contributed by atoms with Crippen LogP contribution >= 0.6 is 11.8 Å². The third kappa shape index (κ3) is 2.02. The zero-order valence-electron chi connectivity index (χ0n) is 6.32. The quantitative estimate of drug-likeness (QED) is 0.505. The normalized spacial score (nSPS) is 8.50. The van der Waals surface area contributed by atoms with Crippen LogP contribution in [0.1, 0.15) is 5.56 Å². The molecular formula is C9H6N2S. The van der Waals surface area contributed by atoms with Gasteiger partial charge in [0.2, 0.25) is 0 Å². The van der Waals surface area contributed by atoms with E-state index in [4.69, 9.17) is 11.7 Å². The molecule has 0 atom stereocenters. The lowest BCUT2D eigenvalue weighted by atomic mass is 10.3. The van der Waals surface area contributed by atoms with E-state index < -0.39 is 0 Å². The Morgan fingerprint density at radius 2 is 2.50 bits per heavy atom. The molecule has 0 saturated heterocycles. The first-order valence-corrected chi connectivity index (χ1v) is 4.28. The number of terminal acetylenes is 1. The highest BCUT2D eigenvalue weighted by Gasteiger charge is 2.00. The van der Waals surface area contributed by atoms with E-state index in [0.717, 1.165) is 0 Å². The monoisotopic (exact) mass is 174 g/mol. The maximum Gasteiger partial charge on any atom is 0.115 e. The Balaban J connectivity index is 2.86. The molecule has 0 aliphatic rings. The SMILES string of the molecule is C#CCSc1ncccc1C#N. The summed E-state index contributed by atoms with van der Waals surface area (Å²) in [5.74, 6) is 3.03. The number of aromatic nitrogens is 1. The van der Waals surface area contributed by atoms with Crippen molar-refractivity contribution in [3.8, 4) is 18.4 Å². The van der Waals surface area contributed by atoms with Crippen LogP contribution in [0.15, 0.2) is 23.4 Å². The molecule has 0 aliphatic heterocycles. The highest BCUT2D eigenvalue weighted by molar-refractivity contribution is 7.99. The van der Waals surface area contributed by atoms with Crippen molar-refractivity contribution >= 4 is 11.8 Å².